The monoisotopic (exact) mass is 198 g/mol. The summed E-state index contributed by atoms with van der Waals surface area (Å²) < 4.78 is 0. The van der Waals surface area contributed by atoms with Crippen molar-refractivity contribution in [2.24, 2.45) is 11.8 Å². The Labute approximate surface area is 84.4 Å². The standard InChI is InChI=1S/C11H18O3/c1-3-9(10(12)13)11(14)6-4-8(2)5-7-11/h4,6,8-9,14H,3,5,7H2,1-2H3,(H,12,13). The molecule has 0 radical (unpaired) electrons. The molecule has 0 aromatic heterocycles. The van der Waals surface area contributed by atoms with Crippen LogP contribution in [0.4, 0.5) is 0 Å². The summed E-state index contributed by atoms with van der Waals surface area (Å²) in [7, 11) is 0. The van der Waals surface area contributed by atoms with Gasteiger partial charge in [-0.2, -0.15) is 0 Å². The molecule has 0 bridgehead atoms. The molecule has 3 heteroatoms. The van der Waals surface area contributed by atoms with E-state index < -0.39 is 17.5 Å². The molecule has 3 atom stereocenters. The second kappa shape index (κ2) is 4.13. The molecule has 0 aromatic rings. The van der Waals surface area contributed by atoms with Gasteiger partial charge in [0.25, 0.3) is 0 Å². The van der Waals surface area contributed by atoms with Gasteiger partial charge in [0, 0.05) is 0 Å². The van der Waals surface area contributed by atoms with Gasteiger partial charge in [0.1, 0.15) is 0 Å². The molecular formula is C11H18O3. The van der Waals surface area contributed by atoms with Crippen LogP contribution >= 0.6 is 0 Å². The van der Waals surface area contributed by atoms with Crippen LogP contribution in [0.15, 0.2) is 12.2 Å². The Balaban J connectivity index is 2.83. The van der Waals surface area contributed by atoms with E-state index in [9.17, 15) is 9.90 Å². The number of hydrogen-bond acceptors (Lipinski definition) is 2. The number of carboxylic acid groups (broad SMARTS) is 1. The van der Waals surface area contributed by atoms with Gasteiger partial charge in [0.15, 0.2) is 0 Å². The van der Waals surface area contributed by atoms with Gasteiger partial charge in [-0.25, -0.2) is 0 Å². The van der Waals surface area contributed by atoms with E-state index >= 15 is 0 Å². The normalized spacial score (nSPS) is 34.1. The minimum atomic E-state index is -1.13. The Morgan fingerprint density at radius 3 is 2.71 bits per heavy atom. The molecule has 3 unspecified atom stereocenters. The first-order valence-corrected chi connectivity index (χ1v) is 5.14. The highest BCUT2D eigenvalue weighted by Gasteiger charge is 2.39. The van der Waals surface area contributed by atoms with Crippen LogP contribution in [0.5, 0.6) is 0 Å². The van der Waals surface area contributed by atoms with Crippen LogP contribution in [0.25, 0.3) is 0 Å². The lowest BCUT2D eigenvalue weighted by molar-refractivity contribution is -0.150. The number of allylic oxidation sites excluding steroid dienone is 1. The van der Waals surface area contributed by atoms with Crippen molar-refractivity contribution < 1.29 is 15.0 Å². The van der Waals surface area contributed by atoms with Crippen molar-refractivity contribution in [1.82, 2.24) is 0 Å². The van der Waals surface area contributed by atoms with Crippen LogP contribution in [-0.2, 0) is 4.79 Å². The number of carbonyl (C=O) groups is 1. The second-order valence-corrected chi connectivity index (χ2v) is 4.17. The zero-order valence-corrected chi connectivity index (χ0v) is 8.73. The van der Waals surface area contributed by atoms with Crippen LogP contribution in [0.1, 0.15) is 33.1 Å². The first kappa shape index (κ1) is 11.2. The molecule has 0 saturated carbocycles. The van der Waals surface area contributed by atoms with Gasteiger partial charge in [0.05, 0.1) is 11.5 Å². The average molecular weight is 198 g/mol. The van der Waals surface area contributed by atoms with E-state index in [1.807, 2.05) is 6.08 Å². The van der Waals surface area contributed by atoms with E-state index in [0.29, 0.717) is 18.8 Å². The summed E-state index contributed by atoms with van der Waals surface area (Å²) in [6.07, 6.45) is 5.45. The largest absolute Gasteiger partial charge is 0.481 e. The van der Waals surface area contributed by atoms with Crippen LogP contribution < -0.4 is 0 Å². The first-order valence-electron chi connectivity index (χ1n) is 5.14. The Hall–Kier alpha value is -0.830. The van der Waals surface area contributed by atoms with Crippen LogP contribution in [0.2, 0.25) is 0 Å². The molecule has 2 N–H and O–H groups in total. The maximum Gasteiger partial charge on any atom is 0.309 e. The van der Waals surface area contributed by atoms with E-state index in [2.05, 4.69) is 6.92 Å². The van der Waals surface area contributed by atoms with Crippen molar-refractivity contribution in [2.45, 2.75) is 38.7 Å². The van der Waals surface area contributed by atoms with Gasteiger partial charge in [-0.15, -0.1) is 0 Å². The van der Waals surface area contributed by atoms with Crippen LogP contribution in [-0.4, -0.2) is 21.8 Å². The Bertz CT molecular complexity index is 247. The number of hydrogen-bond donors (Lipinski definition) is 2. The molecule has 0 spiro atoms. The SMILES string of the molecule is CCC(C(=O)O)C1(O)C=CC(C)CC1. The Morgan fingerprint density at radius 2 is 2.36 bits per heavy atom. The topological polar surface area (TPSA) is 57.5 Å². The van der Waals surface area contributed by atoms with E-state index in [4.69, 9.17) is 5.11 Å². The van der Waals surface area contributed by atoms with Crippen LogP contribution in [0, 0.1) is 11.8 Å². The highest BCUT2D eigenvalue weighted by atomic mass is 16.4. The number of aliphatic hydroxyl groups is 1. The molecule has 0 amide bonds. The lowest BCUT2D eigenvalue weighted by Gasteiger charge is -2.34. The maximum atomic E-state index is 10.9. The quantitative estimate of drug-likeness (QED) is 0.680. The lowest BCUT2D eigenvalue weighted by Crippen LogP contribution is -2.42. The zero-order valence-electron chi connectivity index (χ0n) is 8.73. The number of aliphatic carboxylic acids is 1. The molecule has 0 aliphatic heterocycles. The van der Waals surface area contributed by atoms with Gasteiger partial charge in [-0.1, -0.05) is 26.0 Å². The van der Waals surface area contributed by atoms with E-state index in [-0.39, 0.29) is 0 Å². The molecule has 0 saturated heterocycles. The lowest BCUT2D eigenvalue weighted by atomic mass is 9.76. The highest BCUT2D eigenvalue weighted by molar-refractivity contribution is 5.72. The third-order valence-corrected chi connectivity index (χ3v) is 3.02. The van der Waals surface area contributed by atoms with Crippen molar-refractivity contribution >= 4 is 5.97 Å². The van der Waals surface area contributed by atoms with E-state index in [1.54, 1.807) is 13.0 Å². The summed E-state index contributed by atoms with van der Waals surface area (Å²) in [5.74, 6) is -1.14. The van der Waals surface area contributed by atoms with Crippen LogP contribution in [0.3, 0.4) is 0 Å². The number of carboxylic acids is 1. The van der Waals surface area contributed by atoms with Gasteiger partial charge < -0.3 is 10.2 Å². The van der Waals surface area contributed by atoms with Gasteiger partial charge in [-0.3, -0.25) is 4.79 Å². The minimum Gasteiger partial charge on any atom is -0.481 e. The summed E-state index contributed by atoms with van der Waals surface area (Å²) in [5.41, 5.74) is -1.13. The van der Waals surface area contributed by atoms with Crippen molar-refractivity contribution in [3.05, 3.63) is 12.2 Å². The molecule has 3 nitrogen and oxygen atoms in total. The fourth-order valence-electron chi connectivity index (χ4n) is 2.00. The number of rotatable bonds is 3. The summed E-state index contributed by atoms with van der Waals surface area (Å²) >= 11 is 0. The molecule has 1 aliphatic rings. The van der Waals surface area contributed by atoms with Gasteiger partial charge in [0.2, 0.25) is 0 Å². The minimum absolute atomic E-state index is 0.446. The predicted molar refractivity (Wildman–Crippen MR) is 53.9 cm³/mol. The fraction of sp³-hybridized carbons (Fsp3) is 0.727. The predicted octanol–water partition coefficient (Wildman–Crippen LogP) is 1.81. The van der Waals surface area contributed by atoms with Crippen molar-refractivity contribution in [3.63, 3.8) is 0 Å². The van der Waals surface area contributed by atoms with Crippen molar-refractivity contribution in [3.8, 4) is 0 Å². The Kier molecular flexibility index (Phi) is 3.32. The van der Waals surface area contributed by atoms with Gasteiger partial charge >= 0.3 is 5.97 Å². The Morgan fingerprint density at radius 1 is 1.71 bits per heavy atom. The van der Waals surface area contributed by atoms with Crippen molar-refractivity contribution in [2.75, 3.05) is 0 Å². The molecule has 80 valence electrons. The van der Waals surface area contributed by atoms with Crippen molar-refractivity contribution in [1.29, 1.82) is 0 Å². The highest BCUT2D eigenvalue weighted by Crippen LogP contribution is 2.33. The second-order valence-electron chi connectivity index (χ2n) is 4.17. The summed E-state index contributed by atoms with van der Waals surface area (Å²) in [5, 5.41) is 19.1. The molecule has 14 heavy (non-hydrogen) atoms. The first-order chi connectivity index (χ1) is 6.49. The summed E-state index contributed by atoms with van der Waals surface area (Å²) in [4.78, 5) is 10.9. The zero-order chi connectivity index (χ0) is 10.8. The van der Waals surface area contributed by atoms with Gasteiger partial charge in [-0.05, 0) is 25.2 Å². The molecule has 1 aliphatic carbocycles. The maximum absolute atomic E-state index is 10.9. The van der Waals surface area contributed by atoms with E-state index in [0.717, 1.165) is 6.42 Å². The molecular weight excluding hydrogens is 180 g/mol. The molecule has 0 aromatic carbocycles. The van der Waals surface area contributed by atoms with E-state index in [1.165, 1.54) is 0 Å². The fourth-order valence-corrected chi connectivity index (χ4v) is 2.00. The summed E-state index contributed by atoms with van der Waals surface area (Å²) in [6.45, 7) is 3.86. The smallest absolute Gasteiger partial charge is 0.309 e. The average Bonchev–Trinajstić information content (AvgIpc) is 2.11. The third-order valence-electron chi connectivity index (χ3n) is 3.02. The summed E-state index contributed by atoms with van der Waals surface area (Å²) in [6, 6.07) is 0. The third kappa shape index (κ3) is 2.15. The molecule has 1 rings (SSSR count). The molecule has 0 fully saturated rings. The molecule has 0 heterocycles.